The first-order valence-electron chi connectivity index (χ1n) is 14.7. The number of aliphatic carboxylic acids is 1. The van der Waals surface area contributed by atoms with Crippen molar-refractivity contribution in [1.82, 2.24) is 25.3 Å². The molecule has 16 heteroatoms. The van der Waals surface area contributed by atoms with Crippen LogP contribution in [0.5, 0.6) is 0 Å². The molecule has 3 amide bonds. The van der Waals surface area contributed by atoms with Crippen LogP contribution in [-0.2, 0) is 42.0 Å². The van der Waals surface area contributed by atoms with Crippen molar-refractivity contribution in [3.8, 4) is 0 Å². The molecule has 0 spiro atoms. The fourth-order valence-electron chi connectivity index (χ4n) is 5.65. The topological polar surface area (TPSA) is 187 Å². The summed E-state index contributed by atoms with van der Waals surface area (Å²) in [6.45, 7) is 0. The van der Waals surface area contributed by atoms with E-state index in [1.54, 1.807) is 24.3 Å². The molecule has 2 unspecified atom stereocenters. The van der Waals surface area contributed by atoms with E-state index in [1.807, 2.05) is 59.3 Å². The number of rotatable bonds is 8. The molecule has 3 aromatic carbocycles. The van der Waals surface area contributed by atoms with Crippen LogP contribution in [0.2, 0.25) is 0 Å². The number of aromatic nitrogens is 2. The average molecular weight is 686 g/mol. The van der Waals surface area contributed by atoms with Crippen molar-refractivity contribution < 1.29 is 45.9 Å². The van der Waals surface area contributed by atoms with Crippen LogP contribution in [0.3, 0.4) is 0 Å². The zero-order valence-electron chi connectivity index (χ0n) is 25.1. The molecule has 1 aromatic heterocycles. The molecule has 3 atom stereocenters. The van der Waals surface area contributed by atoms with Crippen LogP contribution in [0.4, 0.5) is 13.2 Å². The highest BCUT2D eigenvalue weighted by Gasteiger charge is 2.45. The number of fused-ring (bicyclic) bond motifs is 1. The number of amides is 3. The Bertz CT molecular complexity index is 1920. The summed E-state index contributed by atoms with van der Waals surface area (Å²) >= 11 is 0. The molecule has 48 heavy (non-hydrogen) atoms. The molecule has 2 saturated heterocycles. The third-order valence-corrected chi connectivity index (χ3v) is 9.72. The minimum absolute atomic E-state index is 0.117. The van der Waals surface area contributed by atoms with E-state index in [1.165, 1.54) is 0 Å². The van der Waals surface area contributed by atoms with Gasteiger partial charge in [-0.3, -0.25) is 19.1 Å². The Hall–Kier alpha value is -5.25. The van der Waals surface area contributed by atoms with Gasteiger partial charge in [0.1, 0.15) is 16.6 Å². The molecule has 5 N–H and O–H groups in total. The van der Waals surface area contributed by atoms with Gasteiger partial charge >= 0.3 is 12.1 Å². The lowest BCUT2D eigenvalue weighted by atomic mass is 9.87. The highest BCUT2D eigenvalue weighted by molar-refractivity contribution is 7.90. The van der Waals surface area contributed by atoms with Gasteiger partial charge in [0, 0.05) is 12.8 Å². The maximum Gasteiger partial charge on any atom is 0.490 e. The summed E-state index contributed by atoms with van der Waals surface area (Å²) in [5.41, 5.74) is 2.79. The van der Waals surface area contributed by atoms with Gasteiger partial charge in [0.05, 0.1) is 23.5 Å². The van der Waals surface area contributed by atoms with Crippen LogP contribution in [0.1, 0.15) is 53.1 Å². The molecule has 0 saturated carbocycles. The van der Waals surface area contributed by atoms with Crippen molar-refractivity contribution in [2.45, 2.75) is 55.1 Å². The number of imidazole rings is 1. The normalized spacial score (nSPS) is 20.7. The fraction of sp³-hybridized carbons (Fsp3) is 0.281. The average Bonchev–Trinajstić information content (AvgIpc) is 3.71. The van der Waals surface area contributed by atoms with Crippen molar-refractivity contribution >= 4 is 44.7 Å². The second-order valence-electron chi connectivity index (χ2n) is 11.5. The van der Waals surface area contributed by atoms with Crippen LogP contribution in [-0.4, -0.2) is 58.9 Å². The van der Waals surface area contributed by atoms with Gasteiger partial charge in [-0.1, -0.05) is 66.7 Å². The van der Waals surface area contributed by atoms with E-state index >= 15 is 0 Å². The Kier molecular flexibility index (Phi) is 9.57. The van der Waals surface area contributed by atoms with E-state index in [0.29, 0.717) is 30.7 Å². The first-order valence-corrected chi connectivity index (χ1v) is 16.2. The first kappa shape index (κ1) is 34.1. The van der Waals surface area contributed by atoms with Crippen molar-refractivity contribution in [2.75, 3.05) is 0 Å². The van der Waals surface area contributed by atoms with Crippen molar-refractivity contribution in [3.63, 3.8) is 0 Å². The quantitative estimate of drug-likeness (QED) is 0.187. The molecule has 0 aliphatic carbocycles. The monoisotopic (exact) mass is 685 g/mol. The van der Waals surface area contributed by atoms with Crippen LogP contribution in [0.25, 0.3) is 11.0 Å². The molecule has 6 rings (SSSR count). The number of H-pyrrole nitrogens is 1. The summed E-state index contributed by atoms with van der Waals surface area (Å²) in [5, 5.41) is 12.3. The zero-order chi connectivity index (χ0) is 34.7. The van der Waals surface area contributed by atoms with Gasteiger partial charge in [-0.05, 0) is 41.7 Å². The fourth-order valence-corrected chi connectivity index (χ4v) is 7.08. The summed E-state index contributed by atoms with van der Waals surface area (Å²) in [6.07, 6.45) is -3.85. The number of carbonyl (C=O) groups excluding carboxylic acids is 3. The Balaban J connectivity index is 0.000000582. The van der Waals surface area contributed by atoms with Crippen LogP contribution in [0, 0.1) is 0 Å². The number of aromatic amines is 1. The summed E-state index contributed by atoms with van der Waals surface area (Å²) in [7, 11) is -3.75. The maximum absolute atomic E-state index is 14.0. The van der Waals surface area contributed by atoms with E-state index in [9.17, 15) is 36.0 Å². The summed E-state index contributed by atoms with van der Waals surface area (Å²) in [5.74, 6) is -3.17. The summed E-state index contributed by atoms with van der Waals surface area (Å²) < 4.78 is 58.4. The van der Waals surface area contributed by atoms with Gasteiger partial charge in [0.15, 0.2) is 0 Å². The third kappa shape index (κ3) is 7.82. The van der Waals surface area contributed by atoms with E-state index in [2.05, 4.69) is 15.6 Å². The van der Waals surface area contributed by atoms with Gasteiger partial charge in [-0.2, -0.15) is 13.2 Å². The van der Waals surface area contributed by atoms with Gasteiger partial charge in [0.25, 0.3) is 0 Å². The number of hydrogen-bond acceptors (Lipinski definition) is 7. The van der Waals surface area contributed by atoms with Crippen LogP contribution < -0.4 is 15.4 Å². The van der Waals surface area contributed by atoms with E-state index in [4.69, 9.17) is 14.9 Å². The summed E-state index contributed by atoms with van der Waals surface area (Å²) in [4.78, 5) is 55.0. The summed E-state index contributed by atoms with van der Waals surface area (Å²) in [6, 6.07) is 23.6. The molecule has 12 nitrogen and oxygen atoms in total. The smallest absolute Gasteiger partial charge is 0.475 e. The number of carboxylic acids is 1. The molecule has 2 fully saturated rings. The molecular weight excluding hydrogens is 655 g/mol. The Morgan fingerprint density at radius 2 is 1.60 bits per heavy atom. The molecule has 4 aromatic rings. The van der Waals surface area contributed by atoms with Crippen LogP contribution >= 0.6 is 0 Å². The highest BCUT2D eigenvalue weighted by atomic mass is 32.2. The number of halogens is 3. The number of nitrogens with one attached hydrogen (secondary N) is 4. The lowest BCUT2D eigenvalue weighted by molar-refractivity contribution is -0.192. The SMILES string of the molecule is O=C(O)C(F)(F)F.O=C1CCC(Cc2ccccc2)(C(=O)N[C@@H](Cc2ccc(C3CC(=O)NS3(=O)=O)cc2)c2nc3ccccc3[nH]2)N1. The number of para-hydroxylation sites is 2. The van der Waals surface area contributed by atoms with Crippen molar-refractivity contribution in [1.29, 1.82) is 0 Å². The molecule has 0 radical (unpaired) electrons. The number of benzene rings is 3. The predicted octanol–water partition coefficient (Wildman–Crippen LogP) is 3.38. The molecule has 0 bridgehead atoms. The first-order chi connectivity index (χ1) is 22.6. The van der Waals surface area contributed by atoms with Crippen molar-refractivity contribution in [2.24, 2.45) is 0 Å². The van der Waals surface area contributed by atoms with Gasteiger partial charge in [0.2, 0.25) is 27.7 Å². The standard InChI is InChI=1S/C30H29N5O5S.C2HF3O2/c36-26-14-15-30(34-26,18-20-6-2-1-3-7-20)29(38)33-24(28-31-22-8-4-5-9-23(22)32-28)16-19-10-12-21(13-11-19)25-17-27(37)35-41(25,39)40;3-2(4,5)1(6)7/h1-13,24-25H,14-18H2,(H,31,32)(H,33,38)(H,34,36)(H,35,37);(H,6,7)/t24-,25?,30?;/m0./s1. The third-order valence-electron chi connectivity index (χ3n) is 8.02. The largest absolute Gasteiger partial charge is 0.490 e. The van der Waals surface area contributed by atoms with Gasteiger partial charge in [-0.25, -0.2) is 18.2 Å². The lowest BCUT2D eigenvalue weighted by Gasteiger charge is -2.30. The highest BCUT2D eigenvalue weighted by Crippen LogP contribution is 2.31. The van der Waals surface area contributed by atoms with Crippen molar-refractivity contribution in [3.05, 3.63) is 101 Å². The van der Waals surface area contributed by atoms with E-state index in [0.717, 1.165) is 22.2 Å². The number of alkyl halides is 3. The minimum Gasteiger partial charge on any atom is -0.475 e. The number of nitrogens with zero attached hydrogens (tertiary/aromatic N) is 1. The second kappa shape index (κ2) is 13.5. The molecule has 2 aliphatic heterocycles. The van der Waals surface area contributed by atoms with Crippen LogP contribution in [0.15, 0.2) is 78.9 Å². The lowest BCUT2D eigenvalue weighted by Crippen LogP contribution is -2.56. The zero-order valence-corrected chi connectivity index (χ0v) is 25.9. The Labute approximate surface area is 272 Å². The van der Waals surface area contributed by atoms with Gasteiger partial charge < -0.3 is 20.7 Å². The molecule has 3 heterocycles. The Morgan fingerprint density at radius 1 is 0.958 bits per heavy atom. The minimum atomic E-state index is -5.08. The van der Waals surface area contributed by atoms with E-state index < -0.39 is 44.9 Å². The second-order valence-corrected chi connectivity index (χ2v) is 13.3. The Morgan fingerprint density at radius 3 is 2.17 bits per heavy atom. The number of hydrogen-bond donors (Lipinski definition) is 5. The van der Waals surface area contributed by atoms with Gasteiger partial charge in [-0.15, -0.1) is 0 Å². The van der Waals surface area contributed by atoms with E-state index in [-0.39, 0.29) is 24.7 Å². The number of sulfonamides is 1. The molecule has 252 valence electrons. The predicted molar refractivity (Wildman–Crippen MR) is 165 cm³/mol. The maximum atomic E-state index is 14.0. The number of carbonyl (C=O) groups is 4. The number of carboxylic acid groups (broad SMARTS) is 1. The molecular formula is C32H30F3N5O7S. The molecule has 2 aliphatic rings.